The summed E-state index contributed by atoms with van der Waals surface area (Å²) in [6, 6.07) is 7.83. The maximum atomic E-state index is 12.2. The fourth-order valence-electron chi connectivity index (χ4n) is 3.35. The van der Waals surface area contributed by atoms with Gasteiger partial charge >= 0.3 is 0 Å². The molecule has 0 spiro atoms. The van der Waals surface area contributed by atoms with E-state index in [9.17, 15) is 9.59 Å². The van der Waals surface area contributed by atoms with Crippen LogP contribution in [0.5, 0.6) is 0 Å². The van der Waals surface area contributed by atoms with Crippen molar-refractivity contribution in [3.05, 3.63) is 28.7 Å². The Kier molecular flexibility index (Phi) is 4.78. The highest BCUT2D eigenvalue weighted by Crippen LogP contribution is 2.19. The fourth-order valence-corrected chi connectivity index (χ4v) is 3.61. The van der Waals surface area contributed by atoms with Gasteiger partial charge in [0.25, 0.3) is 5.91 Å². The number of piperazine rings is 1. The number of fused-ring (bicyclic) bond motifs is 1. The monoisotopic (exact) mass is 366 g/mol. The molecule has 2 aliphatic rings. The van der Waals surface area contributed by atoms with Gasteiger partial charge in [-0.05, 0) is 37.1 Å². The molecule has 3 rings (SSSR count). The van der Waals surface area contributed by atoms with Crippen LogP contribution in [0.25, 0.3) is 0 Å². The highest BCUT2D eigenvalue weighted by molar-refractivity contribution is 9.10. The molecule has 1 saturated heterocycles. The van der Waals surface area contributed by atoms with E-state index in [1.165, 1.54) is 12.8 Å². The Morgan fingerprint density at radius 3 is 2.77 bits per heavy atom. The summed E-state index contributed by atoms with van der Waals surface area (Å²) < 4.78 is 0.967. The van der Waals surface area contributed by atoms with Crippen LogP contribution < -0.4 is 16.0 Å². The molecule has 6 heteroatoms. The minimum Gasteiger partial charge on any atom is -0.342 e. The molecular weight excluding hydrogens is 346 g/mol. The molecule has 1 aliphatic heterocycles. The predicted molar refractivity (Wildman–Crippen MR) is 87.3 cm³/mol. The number of quaternary nitrogens is 1. The second-order valence-electron chi connectivity index (χ2n) is 6.12. The van der Waals surface area contributed by atoms with E-state index in [1.54, 1.807) is 0 Å². The number of benzene rings is 1. The lowest BCUT2D eigenvalue weighted by Gasteiger charge is -2.37. The van der Waals surface area contributed by atoms with Crippen LogP contribution in [-0.2, 0) is 9.59 Å². The number of hydrogen-bond acceptors (Lipinski definition) is 2. The smallest absolute Gasteiger partial charge is 0.279 e. The Morgan fingerprint density at radius 1 is 1.27 bits per heavy atom. The van der Waals surface area contributed by atoms with Gasteiger partial charge in [-0.25, -0.2) is 0 Å². The molecule has 1 aliphatic carbocycles. The first kappa shape index (κ1) is 15.5. The molecular formula is C16H21BrN3O2+. The van der Waals surface area contributed by atoms with E-state index in [1.807, 2.05) is 24.3 Å². The van der Waals surface area contributed by atoms with Crippen molar-refractivity contribution in [2.75, 3.05) is 5.32 Å². The molecule has 118 valence electrons. The number of nitrogens with two attached hydrogens (primary N) is 1. The molecule has 0 bridgehead atoms. The first-order valence-corrected chi connectivity index (χ1v) is 8.62. The lowest BCUT2D eigenvalue weighted by Crippen LogP contribution is -3.03. The topological polar surface area (TPSA) is 74.8 Å². The number of anilines is 1. The van der Waals surface area contributed by atoms with Crippen LogP contribution in [0.4, 0.5) is 5.69 Å². The zero-order valence-corrected chi connectivity index (χ0v) is 13.9. The standard InChI is InChI=1S/C16H20BrN3O2/c17-10-5-7-11(8-6-10)18-15(21)9-14-16(22)20-13-4-2-1-3-12(13)19-14/h5-8,12-14,19H,1-4,9H2,(H,18,21)(H,20,22)/p+1/t12-,13+,14+/m0/s1. The zero-order valence-electron chi connectivity index (χ0n) is 12.3. The quantitative estimate of drug-likeness (QED) is 0.750. The minimum atomic E-state index is -0.310. The second-order valence-corrected chi connectivity index (χ2v) is 7.04. The summed E-state index contributed by atoms with van der Waals surface area (Å²) in [4.78, 5) is 24.3. The van der Waals surface area contributed by atoms with Gasteiger partial charge in [-0.1, -0.05) is 22.4 Å². The maximum Gasteiger partial charge on any atom is 0.279 e. The van der Waals surface area contributed by atoms with Crippen LogP contribution in [0.15, 0.2) is 28.7 Å². The highest BCUT2D eigenvalue weighted by atomic mass is 79.9. The second kappa shape index (κ2) is 6.79. The molecule has 1 heterocycles. The van der Waals surface area contributed by atoms with Gasteiger partial charge in [0.2, 0.25) is 5.91 Å². The summed E-state index contributed by atoms with van der Waals surface area (Å²) in [6.45, 7) is 0. The largest absolute Gasteiger partial charge is 0.342 e. The molecule has 1 aromatic carbocycles. The summed E-state index contributed by atoms with van der Waals surface area (Å²) in [7, 11) is 0. The Hall–Kier alpha value is -1.40. The van der Waals surface area contributed by atoms with Crippen molar-refractivity contribution in [2.24, 2.45) is 0 Å². The number of hydrogen-bond donors (Lipinski definition) is 3. The van der Waals surface area contributed by atoms with Gasteiger partial charge < -0.3 is 16.0 Å². The Morgan fingerprint density at radius 2 is 2.00 bits per heavy atom. The van der Waals surface area contributed by atoms with Crippen molar-refractivity contribution in [2.45, 2.75) is 50.2 Å². The third kappa shape index (κ3) is 3.67. The van der Waals surface area contributed by atoms with Crippen LogP contribution in [0.2, 0.25) is 0 Å². The van der Waals surface area contributed by atoms with Gasteiger partial charge in [0.15, 0.2) is 6.04 Å². The average molecular weight is 367 g/mol. The Labute approximate surface area is 138 Å². The van der Waals surface area contributed by atoms with Gasteiger partial charge in [0.1, 0.15) is 6.04 Å². The molecule has 1 saturated carbocycles. The fraction of sp³-hybridized carbons (Fsp3) is 0.500. The third-order valence-electron chi connectivity index (χ3n) is 4.50. The van der Waals surface area contributed by atoms with Crippen LogP contribution >= 0.6 is 15.9 Å². The SMILES string of the molecule is O=C(C[C@H]1[NH2+][C@H]2CCCC[C@H]2NC1=O)Nc1ccc(Br)cc1. The van der Waals surface area contributed by atoms with Gasteiger partial charge in [0, 0.05) is 16.6 Å². The van der Waals surface area contributed by atoms with Crippen molar-refractivity contribution in [1.29, 1.82) is 0 Å². The van der Waals surface area contributed by atoms with Gasteiger partial charge in [-0.2, -0.15) is 0 Å². The molecule has 1 aromatic rings. The normalized spacial score (nSPS) is 27.7. The molecule has 22 heavy (non-hydrogen) atoms. The predicted octanol–water partition coefficient (Wildman–Crippen LogP) is 1.15. The number of rotatable bonds is 3. The van der Waals surface area contributed by atoms with Crippen molar-refractivity contribution in [3.63, 3.8) is 0 Å². The van der Waals surface area contributed by atoms with Crippen molar-refractivity contribution in [3.8, 4) is 0 Å². The molecule has 2 amide bonds. The Balaban J connectivity index is 1.56. The van der Waals surface area contributed by atoms with Crippen molar-refractivity contribution < 1.29 is 14.9 Å². The molecule has 0 unspecified atom stereocenters. The molecule has 0 aromatic heterocycles. The van der Waals surface area contributed by atoms with E-state index in [4.69, 9.17) is 0 Å². The lowest BCUT2D eigenvalue weighted by molar-refractivity contribution is -0.718. The summed E-state index contributed by atoms with van der Waals surface area (Å²) in [5, 5.41) is 8.04. The zero-order chi connectivity index (χ0) is 15.5. The molecule has 4 N–H and O–H groups in total. The minimum absolute atomic E-state index is 0.00546. The number of nitrogens with one attached hydrogen (secondary N) is 2. The van der Waals surface area contributed by atoms with E-state index >= 15 is 0 Å². The lowest BCUT2D eigenvalue weighted by atomic mass is 9.87. The van der Waals surface area contributed by atoms with Crippen LogP contribution in [-0.4, -0.2) is 29.9 Å². The number of halogens is 1. The molecule has 0 radical (unpaired) electrons. The molecule has 2 fully saturated rings. The summed E-state index contributed by atoms with van der Waals surface area (Å²) in [5.41, 5.74) is 0.750. The van der Waals surface area contributed by atoms with E-state index in [-0.39, 0.29) is 30.3 Å². The van der Waals surface area contributed by atoms with E-state index in [0.717, 1.165) is 23.0 Å². The average Bonchev–Trinajstić information content (AvgIpc) is 2.50. The molecule has 3 atom stereocenters. The number of carbonyl (C=O) groups excluding carboxylic acids is 2. The first-order chi connectivity index (χ1) is 10.6. The first-order valence-electron chi connectivity index (χ1n) is 7.82. The van der Waals surface area contributed by atoms with E-state index in [2.05, 4.69) is 31.9 Å². The number of amides is 2. The summed E-state index contributed by atoms with van der Waals surface area (Å²) >= 11 is 3.36. The Bertz CT molecular complexity index is 561. The van der Waals surface area contributed by atoms with Gasteiger partial charge in [-0.15, -0.1) is 0 Å². The van der Waals surface area contributed by atoms with Crippen LogP contribution in [0, 0.1) is 0 Å². The van der Waals surface area contributed by atoms with Crippen molar-refractivity contribution >= 4 is 33.4 Å². The molecule has 5 nitrogen and oxygen atoms in total. The van der Waals surface area contributed by atoms with E-state index < -0.39 is 0 Å². The summed E-state index contributed by atoms with van der Waals surface area (Å²) in [6.07, 6.45) is 4.79. The third-order valence-corrected chi connectivity index (χ3v) is 5.03. The van der Waals surface area contributed by atoms with Crippen LogP contribution in [0.3, 0.4) is 0 Å². The van der Waals surface area contributed by atoms with E-state index in [0.29, 0.717) is 6.04 Å². The van der Waals surface area contributed by atoms with Crippen LogP contribution in [0.1, 0.15) is 32.1 Å². The van der Waals surface area contributed by atoms with Gasteiger partial charge in [-0.3, -0.25) is 9.59 Å². The maximum absolute atomic E-state index is 12.2. The van der Waals surface area contributed by atoms with Gasteiger partial charge in [0.05, 0.1) is 12.5 Å². The highest BCUT2D eigenvalue weighted by Gasteiger charge is 2.40. The van der Waals surface area contributed by atoms with Crippen molar-refractivity contribution in [1.82, 2.24) is 5.32 Å². The number of carbonyl (C=O) groups is 2. The summed E-state index contributed by atoms with van der Waals surface area (Å²) in [5.74, 6) is -0.123.